The molecule has 0 spiro atoms. The van der Waals surface area contributed by atoms with E-state index in [1.54, 1.807) is 0 Å². The fourth-order valence-electron chi connectivity index (χ4n) is 1.22. The first-order chi connectivity index (χ1) is 8.24. The Morgan fingerprint density at radius 3 is 2.50 bits per heavy atom. The first-order valence-electron chi connectivity index (χ1n) is 4.79. The fraction of sp³-hybridized carbons (Fsp3) is 0.444. The number of nitrogens with zero attached hydrogens (tertiary/aromatic N) is 3. The van der Waals surface area contributed by atoms with Crippen molar-refractivity contribution in [1.82, 2.24) is 15.1 Å². The number of rotatable bonds is 3. The highest BCUT2D eigenvalue weighted by Gasteiger charge is 2.33. The van der Waals surface area contributed by atoms with E-state index in [0.717, 1.165) is 6.07 Å². The van der Waals surface area contributed by atoms with Gasteiger partial charge in [0.2, 0.25) is 0 Å². The van der Waals surface area contributed by atoms with Crippen molar-refractivity contribution in [2.75, 3.05) is 13.1 Å². The molecule has 1 rings (SSSR count). The lowest BCUT2D eigenvalue weighted by Gasteiger charge is -2.22. The molecule has 0 atom stereocenters. The molecule has 0 bridgehead atoms. The maximum absolute atomic E-state index is 12.3. The molecule has 0 aromatic carbocycles. The summed E-state index contributed by atoms with van der Waals surface area (Å²) in [7, 11) is 0. The summed E-state index contributed by atoms with van der Waals surface area (Å²) >= 11 is 11.1. The van der Waals surface area contributed by atoms with Crippen LogP contribution in [0.4, 0.5) is 13.2 Å². The SMILES string of the molecule is CCN(CC(F)(F)F)C(=O)c1cc(Cl)nnc1Cl. The maximum atomic E-state index is 12.3. The first kappa shape index (κ1) is 15.0. The van der Waals surface area contributed by atoms with Gasteiger partial charge in [0.05, 0.1) is 5.56 Å². The predicted octanol–water partition coefficient (Wildman–Crippen LogP) is 2.81. The minimum absolute atomic E-state index is 0.116. The number of carbonyl (C=O) groups is 1. The van der Waals surface area contributed by atoms with Gasteiger partial charge in [-0.1, -0.05) is 23.2 Å². The third-order valence-electron chi connectivity index (χ3n) is 1.99. The third kappa shape index (κ3) is 3.99. The quantitative estimate of drug-likeness (QED) is 0.862. The Bertz CT molecular complexity index is 453. The Balaban J connectivity index is 3.00. The van der Waals surface area contributed by atoms with Gasteiger partial charge < -0.3 is 4.90 Å². The van der Waals surface area contributed by atoms with E-state index < -0.39 is 18.6 Å². The Hall–Kier alpha value is -1.08. The van der Waals surface area contributed by atoms with Crippen LogP contribution in [0.25, 0.3) is 0 Å². The molecule has 0 N–H and O–H groups in total. The monoisotopic (exact) mass is 301 g/mol. The largest absolute Gasteiger partial charge is 0.406 e. The van der Waals surface area contributed by atoms with Crippen molar-refractivity contribution in [3.05, 3.63) is 21.9 Å². The molecule has 0 saturated carbocycles. The number of carbonyl (C=O) groups excluding carboxylic acids is 1. The van der Waals surface area contributed by atoms with Gasteiger partial charge >= 0.3 is 6.18 Å². The van der Waals surface area contributed by atoms with E-state index >= 15 is 0 Å². The summed E-state index contributed by atoms with van der Waals surface area (Å²) in [5, 5.41) is 6.33. The maximum Gasteiger partial charge on any atom is 0.406 e. The van der Waals surface area contributed by atoms with Crippen molar-refractivity contribution in [1.29, 1.82) is 0 Å². The van der Waals surface area contributed by atoms with Crippen LogP contribution >= 0.6 is 23.2 Å². The number of amides is 1. The minimum Gasteiger partial charge on any atom is -0.330 e. The standard InChI is InChI=1S/C9H8Cl2F3N3O/c1-2-17(4-9(12,13)14)8(18)5-3-6(10)15-16-7(5)11/h3H,2,4H2,1H3. The molecule has 0 unspecified atom stereocenters. The summed E-state index contributed by atoms with van der Waals surface area (Å²) in [6.07, 6.45) is -4.48. The molecule has 0 fully saturated rings. The molecular formula is C9H8Cl2F3N3O. The van der Waals surface area contributed by atoms with Crippen molar-refractivity contribution in [2.24, 2.45) is 0 Å². The zero-order valence-corrected chi connectivity index (χ0v) is 10.6. The molecule has 0 aliphatic carbocycles. The molecule has 0 aliphatic heterocycles. The second-order valence-electron chi connectivity index (χ2n) is 3.31. The molecule has 18 heavy (non-hydrogen) atoms. The van der Waals surface area contributed by atoms with Crippen LogP contribution in [0.3, 0.4) is 0 Å². The molecule has 0 aliphatic rings. The lowest BCUT2D eigenvalue weighted by molar-refractivity contribution is -0.140. The Morgan fingerprint density at radius 2 is 2.00 bits per heavy atom. The summed E-state index contributed by atoms with van der Waals surface area (Å²) in [4.78, 5) is 12.4. The van der Waals surface area contributed by atoms with Crippen LogP contribution in [-0.2, 0) is 0 Å². The van der Waals surface area contributed by atoms with E-state index in [1.807, 2.05) is 0 Å². The van der Waals surface area contributed by atoms with Crippen molar-refractivity contribution >= 4 is 29.1 Å². The van der Waals surface area contributed by atoms with E-state index in [0.29, 0.717) is 4.90 Å². The molecule has 100 valence electrons. The van der Waals surface area contributed by atoms with Crippen LogP contribution < -0.4 is 0 Å². The number of hydrogen-bond acceptors (Lipinski definition) is 3. The van der Waals surface area contributed by atoms with Gasteiger partial charge in [0.15, 0.2) is 10.3 Å². The van der Waals surface area contributed by atoms with Gasteiger partial charge in [-0.15, -0.1) is 10.2 Å². The van der Waals surface area contributed by atoms with Gasteiger partial charge in [0.1, 0.15) is 6.54 Å². The highest BCUT2D eigenvalue weighted by atomic mass is 35.5. The highest BCUT2D eigenvalue weighted by Crippen LogP contribution is 2.21. The van der Waals surface area contributed by atoms with Gasteiger partial charge in [-0.05, 0) is 13.0 Å². The normalized spacial score (nSPS) is 11.4. The van der Waals surface area contributed by atoms with Crippen molar-refractivity contribution in [2.45, 2.75) is 13.1 Å². The van der Waals surface area contributed by atoms with Crippen LogP contribution in [-0.4, -0.2) is 40.3 Å². The van der Waals surface area contributed by atoms with Gasteiger partial charge in [-0.25, -0.2) is 0 Å². The van der Waals surface area contributed by atoms with Crippen molar-refractivity contribution in [3.63, 3.8) is 0 Å². The summed E-state index contributed by atoms with van der Waals surface area (Å²) in [5.41, 5.74) is -0.206. The second kappa shape index (κ2) is 5.71. The fourth-order valence-corrected chi connectivity index (χ4v) is 1.54. The summed E-state index contributed by atoms with van der Waals surface area (Å²) in [5.74, 6) is -0.892. The zero-order valence-electron chi connectivity index (χ0n) is 9.13. The van der Waals surface area contributed by atoms with E-state index in [-0.39, 0.29) is 22.4 Å². The molecule has 1 heterocycles. The van der Waals surface area contributed by atoms with E-state index in [2.05, 4.69) is 10.2 Å². The molecule has 0 saturated heterocycles. The molecule has 1 aromatic rings. The van der Waals surface area contributed by atoms with Crippen LogP contribution in [0.1, 0.15) is 17.3 Å². The predicted molar refractivity (Wildman–Crippen MR) is 59.7 cm³/mol. The number of aromatic nitrogens is 2. The number of alkyl halides is 3. The smallest absolute Gasteiger partial charge is 0.330 e. The average molecular weight is 302 g/mol. The Morgan fingerprint density at radius 1 is 1.39 bits per heavy atom. The minimum atomic E-state index is -4.48. The molecule has 0 radical (unpaired) electrons. The van der Waals surface area contributed by atoms with E-state index in [9.17, 15) is 18.0 Å². The van der Waals surface area contributed by atoms with Crippen molar-refractivity contribution < 1.29 is 18.0 Å². The zero-order chi connectivity index (χ0) is 13.9. The summed E-state index contributed by atoms with van der Waals surface area (Å²) in [6.45, 7) is -0.0546. The van der Waals surface area contributed by atoms with Crippen molar-refractivity contribution in [3.8, 4) is 0 Å². The topological polar surface area (TPSA) is 46.1 Å². The average Bonchev–Trinajstić information content (AvgIpc) is 2.27. The first-order valence-corrected chi connectivity index (χ1v) is 5.55. The van der Waals surface area contributed by atoms with Crippen LogP contribution in [0.5, 0.6) is 0 Å². The Kier molecular flexibility index (Phi) is 4.75. The summed E-state index contributed by atoms with van der Waals surface area (Å²) < 4.78 is 36.8. The summed E-state index contributed by atoms with van der Waals surface area (Å²) in [6, 6.07) is 1.08. The van der Waals surface area contributed by atoms with Gasteiger partial charge in [0.25, 0.3) is 5.91 Å². The molecule has 9 heteroatoms. The van der Waals surface area contributed by atoms with Gasteiger partial charge in [0, 0.05) is 6.54 Å². The second-order valence-corrected chi connectivity index (χ2v) is 4.05. The molecular weight excluding hydrogens is 294 g/mol. The van der Waals surface area contributed by atoms with E-state index in [4.69, 9.17) is 23.2 Å². The van der Waals surface area contributed by atoms with Crippen LogP contribution in [0.2, 0.25) is 10.3 Å². The Labute approximate surface area is 111 Å². The van der Waals surface area contributed by atoms with Crippen LogP contribution in [0.15, 0.2) is 6.07 Å². The van der Waals surface area contributed by atoms with E-state index in [1.165, 1.54) is 6.92 Å². The van der Waals surface area contributed by atoms with Gasteiger partial charge in [-0.3, -0.25) is 4.79 Å². The molecule has 1 aromatic heterocycles. The number of hydrogen-bond donors (Lipinski definition) is 0. The third-order valence-corrected chi connectivity index (χ3v) is 2.45. The molecule has 4 nitrogen and oxygen atoms in total. The molecule has 1 amide bonds. The highest BCUT2D eigenvalue weighted by molar-refractivity contribution is 6.34. The number of halogens is 5. The lowest BCUT2D eigenvalue weighted by Crippen LogP contribution is -2.39. The van der Waals surface area contributed by atoms with Gasteiger partial charge in [-0.2, -0.15) is 13.2 Å². The lowest BCUT2D eigenvalue weighted by atomic mass is 10.2. The van der Waals surface area contributed by atoms with Crippen LogP contribution in [0, 0.1) is 0 Å².